The van der Waals surface area contributed by atoms with E-state index in [2.05, 4.69) is 12.2 Å². The molecule has 366 valence electrons. The largest absolute Gasteiger partial charge is 0.463 e. The van der Waals surface area contributed by atoms with Crippen LogP contribution in [-0.4, -0.2) is 129 Å². The van der Waals surface area contributed by atoms with Crippen molar-refractivity contribution < 1.29 is 90.5 Å². The van der Waals surface area contributed by atoms with E-state index in [0.717, 1.165) is 87.5 Å². The van der Waals surface area contributed by atoms with Gasteiger partial charge in [-0.2, -0.15) is 0 Å². The predicted molar refractivity (Wildman–Crippen MR) is 223 cm³/mol. The Kier molecular flexibility index (Phi) is 28.5. The van der Waals surface area contributed by atoms with Gasteiger partial charge in [-0.3, -0.25) is 43.2 Å². The highest BCUT2D eigenvalue weighted by atomic mass is 16.8. The Labute approximate surface area is 376 Å². The van der Waals surface area contributed by atoms with E-state index in [1.165, 1.54) is 51.4 Å². The van der Waals surface area contributed by atoms with Crippen LogP contribution in [0.2, 0.25) is 0 Å². The smallest absolute Gasteiger partial charge is 0.303 e. The summed E-state index contributed by atoms with van der Waals surface area (Å²) in [5, 5.41) is 2.68. The lowest BCUT2D eigenvalue weighted by atomic mass is 9.97. The maximum absolute atomic E-state index is 14.0. The van der Waals surface area contributed by atoms with Crippen molar-refractivity contribution in [3.63, 3.8) is 0 Å². The van der Waals surface area contributed by atoms with Gasteiger partial charge in [0.15, 0.2) is 36.8 Å². The second-order valence-corrected chi connectivity index (χ2v) is 15.6. The molecule has 0 aliphatic carbocycles. The standard InChI is InChI=1S/C44H71NO19/c1-10-11-12-13-14-15-16-17-18-19-20-21-22-23-24-45-43(54)41(61-33(8)52)39(59-31(6)50)38(35(57-29(4)48)25-55-27(2)46)64-44-42(62-34(9)53)40(60-32(7)51)37(58-30(5)49)36(63-44)26-56-28(3)47/h35-42,44H,10-26H2,1-9H3,(H,45,54)/t35-,36-,37-,38-,39+,40+,41-,42-,44-/m1/s1. The number of hydrogen-bond donors (Lipinski definition) is 1. The summed E-state index contributed by atoms with van der Waals surface area (Å²) in [6.45, 7) is 8.90. The first-order valence-corrected chi connectivity index (χ1v) is 22.2. The van der Waals surface area contributed by atoms with Crippen molar-refractivity contribution in [1.29, 1.82) is 0 Å². The molecule has 1 saturated heterocycles. The molecule has 0 aromatic rings. The van der Waals surface area contributed by atoms with Crippen molar-refractivity contribution in [3.8, 4) is 0 Å². The Hall–Kier alpha value is -4.85. The zero-order valence-corrected chi connectivity index (χ0v) is 39.0. The molecule has 0 unspecified atom stereocenters. The number of hydrogen-bond acceptors (Lipinski definition) is 19. The molecule has 1 aliphatic heterocycles. The van der Waals surface area contributed by atoms with Gasteiger partial charge in [-0.25, -0.2) is 0 Å². The van der Waals surface area contributed by atoms with Crippen LogP contribution >= 0.6 is 0 Å². The highest BCUT2D eigenvalue weighted by Gasteiger charge is 2.56. The molecular weight excluding hydrogens is 846 g/mol. The maximum Gasteiger partial charge on any atom is 0.303 e. The fourth-order valence-electron chi connectivity index (χ4n) is 7.01. The van der Waals surface area contributed by atoms with Crippen molar-refractivity contribution in [2.24, 2.45) is 0 Å². The fourth-order valence-corrected chi connectivity index (χ4v) is 7.01. The SMILES string of the molecule is CCCCCCCCCCCCCCCCNC(=O)[C@H](OC(C)=O)[C@@H](OC(C)=O)[C@H](O[C@H]1O[C@H](COC(C)=O)[C@@H](OC(C)=O)[C@H](OC(C)=O)[C@H]1OC(C)=O)[C@@H](COC(C)=O)OC(C)=O. The summed E-state index contributed by atoms with van der Waals surface area (Å²) in [7, 11) is 0. The Morgan fingerprint density at radius 3 is 1.39 bits per heavy atom. The molecule has 0 saturated carbocycles. The van der Waals surface area contributed by atoms with E-state index in [0.29, 0.717) is 6.42 Å². The molecule has 1 amide bonds. The summed E-state index contributed by atoms with van der Waals surface area (Å²) < 4.78 is 55.6. The molecule has 0 radical (unpaired) electrons. The van der Waals surface area contributed by atoms with E-state index in [1.807, 2.05) is 0 Å². The number of nitrogens with one attached hydrogen (secondary N) is 1. The van der Waals surface area contributed by atoms with Crippen LogP contribution < -0.4 is 5.32 Å². The summed E-state index contributed by atoms with van der Waals surface area (Å²) in [5.41, 5.74) is 0. The molecule has 1 fully saturated rings. The average molecular weight is 918 g/mol. The van der Waals surface area contributed by atoms with Gasteiger partial charge in [0.1, 0.15) is 25.4 Å². The Morgan fingerprint density at radius 2 is 0.938 bits per heavy atom. The van der Waals surface area contributed by atoms with Gasteiger partial charge in [0.25, 0.3) is 5.91 Å². The van der Waals surface area contributed by atoms with Crippen molar-refractivity contribution in [1.82, 2.24) is 5.32 Å². The monoisotopic (exact) mass is 917 g/mol. The second kappa shape index (κ2) is 31.9. The minimum absolute atomic E-state index is 0.119. The first-order chi connectivity index (χ1) is 30.3. The zero-order valence-electron chi connectivity index (χ0n) is 39.0. The van der Waals surface area contributed by atoms with Crippen LogP contribution in [0, 0.1) is 0 Å². The van der Waals surface area contributed by atoms with E-state index in [1.54, 1.807) is 0 Å². The van der Waals surface area contributed by atoms with Gasteiger partial charge in [-0.05, 0) is 6.42 Å². The van der Waals surface area contributed by atoms with Gasteiger partial charge < -0.3 is 52.7 Å². The van der Waals surface area contributed by atoms with Gasteiger partial charge >= 0.3 is 47.8 Å². The van der Waals surface area contributed by atoms with Gasteiger partial charge in [0.2, 0.25) is 6.10 Å². The van der Waals surface area contributed by atoms with Crippen LogP contribution in [-0.2, 0) is 90.5 Å². The molecule has 20 nitrogen and oxygen atoms in total. The van der Waals surface area contributed by atoms with Crippen molar-refractivity contribution in [2.75, 3.05) is 19.8 Å². The Morgan fingerprint density at radius 1 is 0.484 bits per heavy atom. The number of unbranched alkanes of at least 4 members (excludes halogenated alkanes) is 13. The summed E-state index contributed by atoms with van der Waals surface area (Å²) >= 11 is 0. The summed E-state index contributed by atoms with van der Waals surface area (Å²) in [6.07, 6.45) is -1.00. The van der Waals surface area contributed by atoms with Crippen LogP contribution in [0.1, 0.15) is 152 Å². The number of carbonyl (C=O) groups is 9. The number of rotatable bonds is 31. The topological polar surface area (TPSA) is 258 Å². The highest BCUT2D eigenvalue weighted by Crippen LogP contribution is 2.33. The first-order valence-electron chi connectivity index (χ1n) is 22.2. The quantitative estimate of drug-likeness (QED) is 0.0574. The Bertz CT molecular complexity index is 1500. The van der Waals surface area contributed by atoms with E-state index in [9.17, 15) is 43.2 Å². The molecule has 9 atom stereocenters. The fraction of sp³-hybridized carbons (Fsp3) is 0.795. The molecule has 0 aromatic heterocycles. The third kappa shape index (κ3) is 24.3. The third-order valence-electron chi connectivity index (χ3n) is 9.68. The van der Waals surface area contributed by atoms with E-state index < -0.39 is 122 Å². The number of carbonyl (C=O) groups excluding carboxylic acids is 9. The molecule has 0 aromatic carbocycles. The average Bonchev–Trinajstić information content (AvgIpc) is 3.18. The van der Waals surface area contributed by atoms with Gasteiger partial charge in [-0.1, -0.05) is 90.4 Å². The lowest BCUT2D eigenvalue weighted by Gasteiger charge is -2.46. The van der Waals surface area contributed by atoms with E-state index >= 15 is 0 Å². The molecule has 1 N–H and O–H groups in total. The molecule has 64 heavy (non-hydrogen) atoms. The molecule has 20 heteroatoms. The van der Waals surface area contributed by atoms with E-state index in [4.69, 9.17) is 47.4 Å². The van der Waals surface area contributed by atoms with Crippen LogP contribution in [0.5, 0.6) is 0 Å². The minimum atomic E-state index is -2.04. The molecule has 1 rings (SSSR count). The highest BCUT2D eigenvalue weighted by molar-refractivity contribution is 5.84. The first kappa shape index (κ1) is 57.2. The van der Waals surface area contributed by atoms with E-state index in [-0.39, 0.29) is 6.54 Å². The van der Waals surface area contributed by atoms with Crippen molar-refractivity contribution >= 4 is 53.7 Å². The van der Waals surface area contributed by atoms with Crippen LogP contribution in [0.25, 0.3) is 0 Å². The number of amides is 1. The van der Waals surface area contributed by atoms with Crippen LogP contribution in [0.4, 0.5) is 0 Å². The summed E-state index contributed by atoms with van der Waals surface area (Å²) in [4.78, 5) is 113. The predicted octanol–water partition coefficient (Wildman–Crippen LogP) is 4.41. The van der Waals surface area contributed by atoms with Crippen molar-refractivity contribution in [3.05, 3.63) is 0 Å². The van der Waals surface area contributed by atoms with Crippen LogP contribution in [0.3, 0.4) is 0 Å². The van der Waals surface area contributed by atoms with Crippen LogP contribution in [0.15, 0.2) is 0 Å². The molecular formula is C44H71NO19. The third-order valence-corrected chi connectivity index (χ3v) is 9.68. The summed E-state index contributed by atoms with van der Waals surface area (Å²) in [6, 6.07) is 0. The number of esters is 8. The maximum atomic E-state index is 14.0. The molecule has 1 aliphatic rings. The minimum Gasteiger partial charge on any atom is -0.463 e. The van der Waals surface area contributed by atoms with Crippen molar-refractivity contribution in [2.45, 2.75) is 207 Å². The normalized spacial score (nSPS) is 19.9. The molecule has 0 bridgehead atoms. The molecule has 1 heterocycles. The molecule has 0 spiro atoms. The Balaban J connectivity index is 3.58. The lowest BCUT2D eigenvalue weighted by molar-refractivity contribution is -0.331. The summed E-state index contributed by atoms with van der Waals surface area (Å²) in [5.74, 6) is -8.54. The number of ether oxygens (including phenoxy) is 10. The van der Waals surface area contributed by atoms with Gasteiger partial charge in [-0.15, -0.1) is 0 Å². The zero-order chi connectivity index (χ0) is 48.2. The second-order valence-electron chi connectivity index (χ2n) is 15.6. The van der Waals surface area contributed by atoms with Gasteiger partial charge in [0, 0.05) is 61.9 Å². The van der Waals surface area contributed by atoms with Gasteiger partial charge in [0.05, 0.1) is 0 Å². The lowest BCUT2D eigenvalue weighted by Crippen LogP contribution is -2.65.